The number of carbonyl (C=O) groups is 1. The van der Waals surface area contributed by atoms with Gasteiger partial charge in [0.2, 0.25) is 22.3 Å². The van der Waals surface area contributed by atoms with Crippen LogP contribution in [0.15, 0.2) is 58.2 Å². The Balaban J connectivity index is 1.44. The van der Waals surface area contributed by atoms with Crippen LogP contribution in [-0.2, 0) is 10.0 Å². The Kier molecular flexibility index (Phi) is 5.31. The summed E-state index contributed by atoms with van der Waals surface area (Å²) in [4.78, 5) is 13.5. The van der Waals surface area contributed by atoms with E-state index >= 15 is 0 Å². The van der Waals surface area contributed by atoms with Crippen LogP contribution in [0.3, 0.4) is 0 Å². The summed E-state index contributed by atoms with van der Waals surface area (Å²) in [6.45, 7) is 0.203. The molecule has 156 valence electrons. The zero-order chi connectivity index (χ0) is 21.3. The second-order valence-corrected chi connectivity index (χ2v) is 8.50. The first-order chi connectivity index (χ1) is 14.4. The van der Waals surface area contributed by atoms with Crippen molar-refractivity contribution in [2.75, 3.05) is 26.2 Å². The smallest absolute Gasteiger partial charge is 0.253 e. The van der Waals surface area contributed by atoms with Crippen LogP contribution in [0.25, 0.3) is 11.5 Å². The van der Waals surface area contributed by atoms with E-state index in [4.69, 9.17) is 4.42 Å². The molecule has 1 fully saturated rings. The fourth-order valence-electron chi connectivity index (χ4n) is 3.18. The molecule has 30 heavy (non-hydrogen) atoms. The maximum atomic E-state index is 13.9. The summed E-state index contributed by atoms with van der Waals surface area (Å²) >= 11 is 0. The molecular formula is C19H16F2N4O4S. The molecule has 1 aliphatic rings. The van der Waals surface area contributed by atoms with Crippen LogP contribution in [0.5, 0.6) is 0 Å². The lowest BCUT2D eigenvalue weighted by Gasteiger charge is -2.34. The van der Waals surface area contributed by atoms with Gasteiger partial charge in [-0.15, -0.1) is 10.2 Å². The van der Waals surface area contributed by atoms with Crippen molar-refractivity contribution >= 4 is 15.9 Å². The molecule has 2 aromatic carbocycles. The highest BCUT2D eigenvalue weighted by atomic mass is 32.2. The van der Waals surface area contributed by atoms with Gasteiger partial charge in [-0.05, 0) is 42.5 Å². The van der Waals surface area contributed by atoms with Gasteiger partial charge in [0.25, 0.3) is 5.91 Å². The molecule has 1 aromatic heterocycles. The summed E-state index contributed by atoms with van der Waals surface area (Å²) in [5.41, 5.74) is 1.09. The monoisotopic (exact) mass is 434 g/mol. The topological polar surface area (TPSA) is 96.6 Å². The quantitative estimate of drug-likeness (QED) is 0.624. The molecular weight excluding hydrogens is 418 g/mol. The fraction of sp³-hybridized carbons (Fsp3) is 0.211. The van der Waals surface area contributed by atoms with Gasteiger partial charge in [-0.3, -0.25) is 4.79 Å². The third-order valence-electron chi connectivity index (χ3n) is 4.78. The van der Waals surface area contributed by atoms with Gasteiger partial charge in [-0.2, -0.15) is 4.31 Å². The minimum Gasteiger partial charge on any atom is -0.423 e. The molecule has 4 rings (SSSR count). The van der Waals surface area contributed by atoms with E-state index < -0.39 is 26.6 Å². The molecule has 1 amide bonds. The molecule has 1 saturated heterocycles. The highest BCUT2D eigenvalue weighted by molar-refractivity contribution is 7.89. The van der Waals surface area contributed by atoms with Crippen molar-refractivity contribution in [3.63, 3.8) is 0 Å². The summed E-state index contributed by atoms with van der Waals surface area (Å²) < 4.78 is 58.8. The van der Waals surface area contributed by atoms with Crippen molar-refractivity contribution in [1.29, 1.82) is 0 Å². The lowest BCUT2D eigenvalue weighted by atomic mass is 10.1. The molecule has 0 atom stereocenters. The van der Waals surface area contributed by atoms with E-state index in [0.29, 0.717) is 23.1 Å². The minimum atomic E-state index is -4.20. The van der Waals surface area contributed by atoms with E-state index in [1.54, 1.807) is 24.3 Å². The average Bonchev–Trinajstić information content (AvgIpc) is 3.30. The Labute approximate surface area is 170 Å². The first kappa shape index (κ1) is 20.1. The van der Waals surface area contributed by atoms with E-state index in [2.05, 4.69) is 10.2 Å². The second-order valence-electron chi connectivity index (χ2n) is 6.59. The van der Waals surface area contributed by atoms with Gasteiger partial charge in [-0.1, -0.05) is 0 Å². The molecule has 0 spiro atoms. The Hall–Kier alpha value is -3.18. The highest BCUT2D eigenvalue weighted by Gasteiger charge is 2.32. The number of halogens is 2. The largest absolute Gasteiger partial charge is 0.423 e. The van der Waals surface area contributed by atoms with Crippen LogP contribution < -0.4 is 0 Å². The number of carbonyl (C=O) groups excluding carboxylic acids is 1. The number of sulfonamides is 1. The highest BCUT2D eigenvalue weighted by Crippen LogP contribution is 2.23. The van der Waals surface area contributed by atoms with Crippen molar-refractivity contribution in [2.24, 2.45) is 0 Å². The second kappa shape index (κ2) is 7.92. The van der Waals surface area contributed by atoms with Crippen LogP contribution in [0.1, 0.15) is 10.4 Å². The molecule has 2 heterocycles. The molecule has 8 nitrogen and oxygen atoms in total. The van der Waals surface area contributed by atoms with Crippen LogP contribution in [0.4, 0.5) is 8.78 Å². The van der Waals surface area contributed by atoms with Gasteiger partial charge in [0, 0.05) is 37.3 Å². The maximum absolute atomic E-state index is 13.9. The van der Waals surface area contributed by atoms with Crippen molar-refractivity contribution in [1.82, 2.24) is 19.4 Å². The van der Waals surface area contributed by atoms with Gasteiger partial charge in [0.05, 0.1) is 0 Å². The predicted molar refractivity (Wildman–Crippen MR) is 101 cm³/mol. The SMILES string of the molecule is O=C(c1ccc(-c2nnco2)cc1)N1CCN(S(=O)(=O)c2cc(F)ccc2F)CC1. The molecule has 1 aliphatic heterocycles. The molecule has 0 bridgehead atoms. The number of aromatic nitrogens is 2. The van der Waals surface area contributed by atoms with E-state index in [0.717, 1.165) is 16.4 Å². The summed E-state index contributed by atoms with van der Waals surface area (Å²) in [7, 11) is -4.20. The summed E-state index contributed by atoms with van der Waals surface area (Å²) in [5.74, 6) is -1.79. The van der Waals surface area contributed by atoms with Crippen LogP contribution in [-0.4, -0.2) is 59.9 Å². The van der Waals surface area contributed by atoms with Crippen LogP contribution in [0, 0.1) is 11.6 Å². The van der Waals surface area contributed by atoms with E-state index in [-0.39, 0.29) is 32.1 Å². The van der Waals surface area contributed by atoms with Crippen LogP contribution >= 0.6 is 0 Å². The van der Waals surface area contributed by atoms with E-state index in [9.17, 15) is 22.0 Å². The minimum absolute atomic E-state index is 0.0237. The Morgan fingerprint density at radius 2 is 1.70 bits per heavy atom. The van der Waals surface area contributed by atoms with Gasteiger partial charge in [0.15, 0.2) is 0 Å². The summed E-state index contributed by atoms with van der Waals surface area (Å²) in [5, 5.41) is 7.39. The number of hydrogen-bond donors (Lipinski definition) is 0. The molecule has 0 N–H and O–H groups in total. The number of nitrogens with zero attached hydrogens (tertiary/aromatic N) is 4. The normalized spacial score (nSPS) is 15.3. The first-order valence-corrected chi connectivity index (χ1v) is 10.4. The summed E-state index contributed by atoms with van der Waals surface area (Å²) in [6, 6.07) is 8.88. The number of amides is 1. The van der Waals surface area contributed by atoms with Gasteiger partial charge in [0.1, 0.15) is 16.5 Å². The van der Waals surface area contributed by atoms with Crippen molar-refractivity contribution in [3.05, 3.63) is 66.1 Å². The third kappa shape index (κ3) is 3.81. The number of hydrogen-bond acceptors (Lipinski definition) is 6. The molecule has 0 radical (unpaired) electrons. The Morgan fingerprint density at radius 1 is 1.00 bits per heavy atom. The van der Waals surface area contributed by atoms with Gasteiger partial charge >= 0.3 is 0 Å². The number of rotatable bonds is 4. The Morgan fingerprint density at radius 3 is 2.33 bits per heavy atom. The summed E-state index contributed by atoms with van der Waals surface area (Å²) in [6.07, 6.45) is 1.21. The van der Waals surface area contributed by atoms with Crippen molar-refractivity contribution in [2.45, 2.75) is 4.90 Å². The maximum Gasteiger partial charge on any atom is 0.253 e. The van der Waals surface area contributed by atoms with Crippen molar-refractivity contribution in [3.8, 4) is 11.5 Å². The van der Waals surface area contributed by atoms with Gasteiger partial charge in [-0.25, -0.2) is 17.2 Å². The molecule has 11 heteroatoms. The van der Waals surface area contributed by atoms with Gasteiger partial charge < -0.3 is 9.32 Å². The van der Waals surface area contributed by atoms with Crippen LogP contribution in [0.2, 0.25) is 0 Å². The van der Waals surface area contributed by atoms with E-state index in [1.807, 2.05) is 0 Å². The molecule has 0 saturated carbocycles. The van der Waals surface area contributed by atoms with E-state index in [1.165, 1.54) is 11.3 Å². The lowest BCUT2D eigenvalue weighted by Crippen LogP contribution is -2.50. The number of piperazine rings is 1. The molecule has 3 aromatic rings. The first-order valence-electron chi connectivity index (χ1n) is 8.97. The Bertz CT molecular complexity index is 1160. The zero-order valence-corrected chi connectivity index (χ0v) is 16.3. The molecule has 0 unspecified atom stereocenters. The zero-order valence-electron chi connectivity index (χ0n) is 15.5. The molecule has 0 aliphatic carbocycles. The fourth-order valence-corrected chi connectivity index (χ4v) is 4.68. The average molecular weight is 434 g/mol. The lowest BCUT2D eigenvalue weighted by molar-refractivity contribution is 0.0697. The predicted octanol–water partition coefficient (Wildman–Crippen LogP) is 2.16. The van der Waals surface area contributed by atoms with Crippen molar-refractivity contribution < 1.29 is 26.4 Å². The number of benzene rings is 2. The third-order valence-corrected chi connectivity index (χ3v) is 6.69. The standard InChI is InChI=1S/C19H16F2N4O4S/c20-15-5-6-16(21)17(11-15)30(27,28)25-9-7-24(8-10-25)19(26)14-3-1-13(2-4-14)18-23-22-12-29-18/h1-6,11-12H,7-10H2.